The minimum atomic E-state index is -1.80. The Bertz CT molecular complexity index is 766. The number of aliphatic hydroxyl groups is 3. The van der Waals surface area contributed by atoms with E-state index < -0.39 is 36.7 Å². The van der Waals surface area contributed by atoms with Crippen LogP contribution in [0.4, 0.5) is 0 Å². The summed E-state index contributed by atoms with van der Waals surface area (Å²) in [5.74, 6) is -1.61. The molecule has 0 amide bonds. The van der Waals surface area contributed by atoms with Crippen molar-refractivity contribution in [3.8, 4) is 11.5 Å². The van der Waals surface area contributed by atoms with Gasteiger partial charge in [0.05, 0.1) is 0 Å². The number of ether oxygens (including phenoxy) is 2. The monoisotopic (exact) mass is 337 g/mol. The molecule has 9 heteroatoms. The third-order valence-corrected chi connectivity index (χ3v) is 3.72. The van der Waals surface area contributed by atoms with E-state index in [9.17, 15) is 25.2 Å². The lowest BCUT2D eigenvalue weighted by atomic mass is 9.99. The molecule has 0 radical (unpaired) electrons. The number of phenolic OH excluding ortho intramolecular Hbond substituents is 1. The fourth-order valence-electron chi connectivity index (χ4n) is 2.50. The number of fused-ring (bicyclic) bond motifs is 1. The summed E-state index contributed by atoms with van der Waals surface area (Å²) in [6.07, 6.45) is -7.04. The van der Waals surface area contributed by atoms with Crippen LogP contribution in [-0.4, -0.2) is 67.2 Å². The van der Waals surface area contributed by atoms with Gasteiger partial charge in [-0.1, -0.05) is 6.07 Å². The zero-order valence-electron chi connectivity index (χ0n) is 12.2. The molecule has 0 spiro atoms. The van der Waals surface area contributed by atoms with Crippen LogP contribution in [0.15, 0.2) is 30.5 Å². The molecule has 9 nitrogen and oxygen atoms in total. The summed E-state index contributed by atoms with van der Waals surface area (Å²) in [7, 11) is 0. The van der Waals surface area contributed by atoms with Crippen LogP contribution in [0.1, 0.15) is 0 Å². The van der Waals surface area contributed by atoms with E-state index in [1.54, 1.807) is 12.1 Å². The molecular weight excluding hydrogens is 322 g/mol. The first-order valence-corrected chi connectivity index (χ1v) is 7.05. The molecule has 5 N–H and O–H groups in total. The molecule has 1 saturated heterocycles. The Balaban J connectivity index is 1.88. The van der Waals surface area contributed by atoms with E-state index >= 15 is 0 Å². The lowest BCUT2D eigenvalue weighted by Crippen LogP contribution is -2.61. The number of nitrogens with zero attached hydrogens (tertiary/aromatic N) is 1. The zero-order chi connectivity index (χ0) is 17.4. The number of aromatic nitrogens is 1. The maximum Gasteiger partial charge on any atom is 0.335 e. The van der Waals surface area contributed by atoms with Gasteiger partial charge >= 0.3 is 5.97 Å². The molecule has 1 fully saturated rings. The molecule has 1 aromatic heterocycles. The highest BCUT2D eigenvalue weighted by Gasteiger charge is 2.48. The van der Waals surface area contributed by atoms with Crippen LogP contribution in [-0.2, 0) is 9.53 Å². The largest absolute Gasteiger partial charge is 0.506 e. The molecule has 24 heavy (non-hydrogen) atoms. The van der Waals surface area contributed by atoms with Gasteiger partial charge in [-0.05, 0) is 12.1 Å². The molecule has 0 unspecified atom stereocenters. The topological polar surface area (TPSA) is 150 Å². The molecule has 2 heterocycles. The molecular formula is C15H15NO8. The summed E-state index contributed by atoms with van der Waals surface area (Å²) in [5.41, 5.74) is 0.342. The number of pyridine rings is 1. The predicted octanol–water partition coefficient (Wildman–Crippen LogP) is -0.789. The molecule has 1 aliphatic rings. The van der Waals surface area contributed by atoms with E-state index in [2.05, 4.69) is 4.98 Å². The zero-order valence-corrected chi connectivity index (χ0v) is 12.2. The fraction of sp³-hybridized carbons (Fsp3) is 0.333. The van der Waals surface area contributed by atoms with E-state index in [0.717, 1.165) is 0 Å². The molecule has 3 rings (SSSR count). The first-order valence-electron chi connectivity index (χ1n) is 7.05. The van der Waals surface area contributed by atoms with Crippen molar-refractivity contribution in [3.05, 3.63) is 30.5 Å². The number of benzene rings is 1. The average molecular weight is 337 g/mol. The number of carbonyl (C=O) groups is 1. The smallest absolute Gasteiger partial charge is 0.335 e. The first-order chi connectivity index (χ1) is 11.4. The highest BCUT2D eigenvalue weighted by molar-refractivity contribution is 5.85. The number of hydrogen-bond acceptors (Lipinski definition) is 8. The second-order valence-electron chi connectivity index (χ2n) is 5.37. The third kappa shape index (κ3) is 2.85. The molecule has 1 aliphatic heterocycles. The summed E-state index contributed by atoms with van der Waals surface area (Å²) in [6.45, 7) is 0. The second kappa shape index (κ2) is 6.21. The maximum atomic E-state index is 11.1. The Morgan fingerprint density at radius 1 is 1.17 bits per heavy atom. The number of aliphatic carboxylic acids is 1. The van der Waals surface area contributed by atoms with Crippen LogP contribution in [0, 0.1) is 0 Å². The Morgan fingerprint density at radius 3 is 2.62 bits per heavy atom. The van der Waals surface area contributed by atoms with Gasteiger partial charge in [0, 0.05) is 17.6 Å². The predicted molar refractivity (Wildman–Crippen MR) is 78.4 cm³/mol. The number of carboxylic acid groups (broad SMARTS) is 1. The SMILES string of the molecule is O=C(O)[C@H]1O[C@@H](Oc2cc(O)c3ncccc3c2)[C@H](O)[C@@H](O)[C@@H]1O. The van der Waals surface area contributed by atoms with Gasteiger partial charge in [0.2, 0.25) is 6.29 Å². The third-order valence-electron chi connectivity index (χ3n) is 3.72. The number of hydrogen-bond donors (Lipinski definition) is 5. The minimum Gasteiger partial charge on any atom is -0.506 e. The van der Waals surface area contributed by atoms with Crippen LogP contribution in [0.25, 0.3) is 10.9 Å². The van der Waals surface area contributed by atoms with Crippen molar-refractivity contribution in [1.82, 2.24) is 4.98 Å². The summed E-state index contributed by atoms with van der Waals surface area (Å²) < 4.78 is 10.4. The molecule has 2 aromatic rings. The number of aliphatic hydroxyl groups excluding tert-OH is 3. The molecule has 5 atom stereocenters. The van der Waals surface area contributed by atoms with E-state index in [1.807, 2.05) is 0 Å². The van der Waals surface area contributed by atoms with Gasteiger partial charge in [-0.3, -0.25) is 4.98 Å². The Labute approximate surface area is 135 Å². The summed E-state index contributed by atoms with van der Waals surface area (Å²) in [6, 6.07) is 6.05. The fourth-order valence-corrected chi connectivity index (χ4v) is 2.50. The molecule has 128 valence electrons. The average Bonchev–Trinajstić information content (AvgIpc) is 2.55. The number of carboxylic acids is 1. The minimum absolute atomic E-state index is 0.0739. The highest BCUT2D eigenvalue weighted by Crippen LogP contribution is 2.31. The van der Waals surface area contributed by atoms with E-state index in [1.165, 1.54) is 18.3 Å². The van der Waals surface area contributed by atoms with Crippen molar-refractivity contribution in [1.29, 1.82) is 0 Å². The lowest BCUT2D eigenvalue weighted by molar-refractivity contribution is -0.271. The molecule has 0 bridgehead atoms. The van der Waals surface area contributed by atoms with Crippen molar-refractivity contribution in [2.45, 2.75) is 30.7 Å². The van der Waals surface area contributed by atoms with Crippen molar-refractivity contribution in [2.24, 2.45) is 0 Å². The lowest BCUT2D eigenvalue weighted by Gasteiger charge is -2.38. The second-order valence-corrected chi connectivity index (χ2v) is 5.37. The highest BCUT2D eigenvalue weighted by atomic mass is 16.7. The summed E-state index contributed by atoms with van der Waals surface area (Å²) in [5, 5.41) is 48.8. The first kappa shape index (κ1) is 16.4. The Hall–Kier alpha value is -2.46. The van der Waals surface area contributed by atoms with Crippen molar-refractivity contribution < 1.29 is 39.8 Å². The van der Waals surface area contributed by atoms with Gasteiger partial charge in [0.1, 0.15) is 35.3 Å². The number of aromatic hydroxyl groups is 1. The van der Waals surface area contributed by atoms with Gasteiger partial charge in [0.25, 0.3) is 0 Å². The van der Waals surface area contributed by atoms with Gasteiger partial charge in [0.15, 0.2) is 6.10 Å². The quantitative estimate of drug-likeness (QED) is 0.485. The summed E-state index contributed by atoms with van der Waals surface area (Å²) >= 11 is 0. The molecule has 1 aromatic carbocycles. The normalized spacial score (nSPS) is 30.2. The van der Waals surface area contributed by atoms with E-state index in [0.29, 0.717) is 10.9 Å². The van der Waals surface area contributed by atoms with Gasteiger partial charge in [-0.2, -0.15) is 0 Å². The van der Waals surface area contributed by atoms with Crippen LogP contribution in [0.2, 0.25) is 0 Å². The standard InChI is InChI=1S/C15H15NO8/c17-8-5-7(4-6-2-1-3-16-9(6)8)23-15-12(20)10(18)11(19)13(24-15)14(21)22/h1-5,10-13,15,17-20H,(H,21,22)/t10-,11-,12+,13-,15+/m0/s1. The van der Waals surface area contributed by atoms with Crippen LogP contribution in [0.3, 0.4) is 0 Å². The van der Waals surface area contributed by atoms with Crippen molar-refractivity contribution in [2.75, 3.05) is 0 Å². The van der Waals surface area contributed by atoms with Crippen LogP contribution < -0.4 is 4.74 Å². The van der Waals surface area contributed by atoms with Gasteiger partial charge in [-0.15, -0.1) is 0 Å². The molecule has 0 aliphatic carbocycles. The van der Waals surface area contributed by atoms with Gasteiger partial charge in [-0.25, -0.2) is 4.79 Å². The van der Waals surface area contributed by atoms with Crippen molar-refractivity contribution in [3.63, 3.8) is 0 Å². The molecule has 0 saturated carbocycles. The van der Waals surface area contributed by atoms with Gasteiger partial charge < -0.3 is 35.0 Å². The van der Waals surface area contributed by atoms with E-state index in [-0.39, 0.29) is 11.5 Å². The Kier molecular flexibility index (Phi) is 4.24. The maximum absolute atomic E-state index is 11.1. The Morgan fingerprint density at radius 2 is 1.92 bits per heavy atom. The number of rotatable bonds is 3. The van der Waals surface area contributed by atoms with Crippen LogP contribution >= 0.6 is 0 Å². The van der Waals surface area contributed by atoms with Crippen molar-refractivity contribution >= 4 is 16.9 Å². The summed E-state index contributed by atoms with van der Waals surface area (Å²) in [4.78, 5) is 15.1. The van der Waals surface area contributed by atoms with Crippen LogP contribution in [0.5, 0.6) is 11.5 Å². The van der Waals surface area contributed by atoms with E-state index in [4.69, 9.17) is 14.6 Å². The number of phenols is 1.